The van der Waals surface area contributed by atoms with Crippen molar-refractivity contribution in [3.63, 3.8) is 0 Å². The maximum Gasteiger partial charge on any atom is 0.168 e. The molecule has 92 valence electrons. The highest BCUT2D eigenvalue weighted by Crippen LogP contribution is 2.21. The van der Waals surface area contributed by atoms with Crippen molar-refractivity contribution in [3.8, 4) is 5.75 Å². The van der Waals surface area contributed by atoms with Gasteiger partial charge in [0.25, 0.3) is 0 Å². The van der Waals surface area contributed by atoms with Gasteiger partial charge in [-0.25, -0.2) is 4.39 Å². The fourth-order valence-corrected chi connectivity index (χ4v) is 1.95. The monoisotopic (exact) mass is 237 g/mol. The number of halogens is 1. The fraction of sp³-hybridized carbons (Fsp3) is 0.462. The fourth-order valence-electron chi connectivity index (χ4n) is 1.95. The van der Waals surface area contributed by atoms with Crippen LogP contribution in [0.15, 0.2) is 18.2 Å². The normalized spacial score (nSPS) is 15.4. The highest BCUT2D eigenvalue weighted by atomic mass is 19.1. The Kier molecular flexibility index (Phi) is 3.74. The minimum absolute atomic E-state index is 0.0867. The topological polar surface area (TPSA) is 38.3 Å². The molecular weight excluding hydrogens is 221 g/mol. The molecule has 3 nitrogen and oxygen atoms in total. The molecule has 0 spiro atoms. The van der Waals surface area contributed by atoms with Crippen molar-refractivity contribution in [3.05, 3.63) is 29.6 Å². The van der Waals surface area contributed by atoms with E-state index >= 15 is 0 Å². The van der Waals surface area contributed by atoms with Crippen LogP contribution in [0.5, 0.6) is 5.75 Å². The van der Waals surface area contributed by atoms with Gasteiger partial charge < -0.3 is 10.1 Å². The molecule has 1 aromatic carbocycles. The summed E-state index contributed by atoms with van der Waals surface area (Å²) in [7, 11) is 1.42. The first-order chi connectivity index (χ1) is 8.20. The van der Waals surface area contributed by atoms with Crippen molar-refractivity contribution in [2.75, 3.05) is 20.2 Å². The van der Waals surface area contributed by atoms with Gasteiger partial charge >= 0.3 is 0 Å². The van der Waals surface area contributed by atoms with E-state index in [1.165, 1.54) is 7.11 Å². The number of methoxy groups -OCH3 is 1. The number of hydrogen-bond acceptors (Lipinski definition) is 3. The largest absolute Gasteiger partial charge is 0.494 e. The molecule has 0 aromatic heterocycles. The average molecular weight is 237 g/mol. The molecule has 0 aliphatic carbocycles. The third-order valence-electron chi connectivity index (χ3n) is 3.03. The SMILES string of the molecule is COc1cccc(CC(=O)CC2CNC2)c1F. The van der Waals surface area contributed by atoms with Gasteiger partial charge in [-0.2, -0.15) is 0 Å². The zero-order valence-corrected chi connectivity index (χ0v) is 9.83. The van der Waals surface area contributed by atoms with Gasteiger partial charge in [0.15, 0.2) is 11.6 Å². The van der Waals surface area contributed by atoms with E-state index in [9.17, 15) is 9.18 Å². The van der Waals surface area contributed by atoms with Gasteiger partial charge in [-0.15, -0.1) is 0 Å². The second-order valence-corrected chi connectivity index (χ2v) is 4.38. The van der Waals surface area contributed by atoms with E-state index in [-0.39, 0.29) is 18.0 Å². The van der Waals surface area contributed by atoms with Crippen LogP contribution >= 0.6 is 0 Å². The molecule has 0 saturated carbocycles. The maximum absolute atomic E-state index is 13.8. The second-order valence-electron chi connectivity index (χ2n) is 4.38. The highest BCUT2D eigenvalue weighted by molar-refractivity contribution is 5.81. The van der Waals surface area contributed by atoms with Gasteiger partial charge in [0.05, 0.1) is 7.11 Å². The summed E-state index contributed by atoms with van der Waals surface area (Å²) in [6, 6.07) is 4.89. The van der Waals surface area contributed by atoms with Gasteiger partial charge in [-0.3, -0.25) is 4.79 Å². The minimum Gasteiger partial charge on any atom is -0.494 e. The van der Waals surface area contributed by atoms with Crippen molar-refractivity contribution >= 4 is 5.78 Å². The van der Waals surface area contributed by atoms with Crippen LogP contribution in [0.3, 0.4) is 0 Å². The zero-order valence-electron chi connectivity index (χ0n) is 9.83. The van der Waals surface area contributed by atoms with Crippen LogP contribution in [0.2, 0.25) is 0 Å². The molecule has 1 aromatic rings. The summed E-state index contributed by atoms with van der Waals surface area (Å²) in [6.07, 6.45) is 0.684. The third kappa shape index (κ3) is 2.82. The molecule has 0 radical (unpaired) electrons. The molecular formula is C13H16FNO2. The third-order valence-corrected chi connectivity index (χ3v) is 3.03. The molecule has 4 heteroatoms. The first-order valence-corrected chi connectivity index (χ1v) is 5.74. The van der Waals surface area contributed by atoms with Gasteiger partial charge in [0.1, 0.15) is 5.78 Å². The number of ketones is 1. The molecule has 0 bridgehead atoms. The lowest BCUT2D eigenvalue weighted by molar-refractivity contribution is -0.119. The Morgan fingerprint density at radius 3 is 2.88 bits per heavy atom. The molecule has 1 aliphatic rings. The number of nitrogens with one attached hydrogen (secondary N) is 1. The summed E-state index contributed by atoms with van der Waals surface area (Å²) in [5.74, 6) is 0.288. The maximum atomic E-state index is 13.8. The van der Waals surface area contributed by atoms with E-state index < -0.39 is 5.82 Å². The Bertz CT molecular complexity index is 416. The molecule has 2 rings (SSSR count). The standard InChI is InChI=1S/C13H16FNO2/c1-17-12-4-2-3-10(13(12)14)6-11(16)5-9-7-15-8-9/h2-4,9,15H,5-8H2,1H3. The highest BCUT2D eigenvalue weighted by Gasteiger charge is 2.21. The summed E-state index contributed by atoms with van der Waals surface area (Å²) < 4.78 is 18.7. The van der Waals surface area contributed by atoms with Crippen molar-refractivity contribution in [1.82, 2.24) is 5.32 Å². The van der Waals surface area contributed by atoms with E-state index in [2.05, 4.69) is 5.32 Å². The average Bonchev–Trinajstić information content (AvgIpc) is 2.27. The lowest BCUT2D eigenvalue weighted by atomic mass is 9.94. The van der Waals surface area contributed by atoms with Crippen molar-refractivity contribution in [2.24, 2.45) is 5.92 Å². The lowest BCUT2D eigenvalue weighted by Gasteiger charge is -2.26. The number of carbonyl (C=O) groups excluding carboxylic acids is 1. The van der Waals surface area contributed by atoms with Crippen LogP contribution in [0.4, 0.5) is 4.39 Å². The Balaban J connectivity index is 1.99. The van der Waals surface area contributed by atoms with Gasteiger partial charge in [0.2, 0.25) is 0 Å². The minimum atomic E-state index is -0.421. The van der Waals surface area contributed by atoms with E-state index in [4.69, 9.17) is 4.74 Å². The molecule has 1 aliphatic heterocycles. The molecule has 0 atom stereocenters. The van der Waals surface area contributed by atoms with Crippen LogP contribution in [0.1, 0.15) is 12.0 Å². The molecule has 1 saturated heterocycles. The first kappa shape index (κ1) is 12.0. The first-order valence-electron chi connectivity index (χ1n) is 5.74. The van der Waals surface area contributed by atoms with Crippen molar-refractivity contribution in [2.45, 2.75) is 12.8 Å². The molecule has 0 amide bonds. The van der Waals surface area contributed by atoms with E-state index in [0.29, 0.717) is 17.9 Å². The Labute approximate surface area is 100.0 Å². The van der Waals surface area contributed by atoms with E-state index in [1.54, 1.807) is 18.2 Å². The summed E-state index contributed by atoms with van der Waals surface area (Å²) in [5.41, 5.74) is 0.418. The predicted molar refractivity (Wildman–Crippen MR) is 62.6 cm³/mol. The quantitative estimate of drug-likeness (QED) is 0.844. The number of carbonyl (C=O) groups is 1. The number of Topliss-reactive ketones (excluding diaryl/α,β-unsaturated/α-hetero) is 1. The molecule has 0 unspecified atom stereocenters. The number of ether oxygens (including phenoxy) is 1. The molecule has 1 N–H and O–H groups in total. The smallest absolute Gasteiger partial charge is 0.168 e. The summed E-state index contributed by atoms with van der Waals surface area (Å²) in [5, 5.41) is 3.11. The Morgan fingerprint density at radius 1 is 1.53 bits per heavy atom. The predicted octanol–water partition coefficient (Wildman–Crippen LogP) is 1.56. The van der Waals surface area contributed by atoms with Crippen LogP contribution in [0, 0.1) is 11.7 Å². The summed E-state index contributed by atoms with van der Waals surface area (Å²) in [4.78, 5) is 11.7. The number of hydrogen-bond donors (Lipinski definition) is 1. The van der Waals surface area contributed by atoms with Crippen LogP contribution in [-0.2, 0) is 11.2 Å². The zero-order chi connectivity index (χ0) is 12.3. The molecule has 1 fully saturated rings. The van der Waals surface area contributed by atoms with Crippen LogP contribution in [-0.4, -0.2) is 26.0 Å². The van der Waals surface area contributed by atoms with Gasteiger partial charge in [-0.1, -0.05) is 12.1 Å². The molecule has 1 heterocycles. The van der Waals surface area contributed by atoms with Gasteiger partial charge in [-0.05, 0) is 30.6 Å². The van der Waals surface area contributed by atoms with E-state index in [1.807, 2.05) is 0 Å². The number of rotatable bonds is 5. The Morgan fingerprint density at radius 2 is 2.29 bits per heavy atom. The summed E-state index contributed by atoms with van der Waals surface area (Å²) in [6.45, 7) is 1.79. The number of benzene rings is 1. The Hall–Kier alpha value is -1.42. The lowest BCUT2D eigenvalue weighted by Crippen LogP contribution is -2.43. The summed E-state index contributed by atoms with van der Waals surface area (Å²) >= 11 is 0. The van der Waals surface area contributed by atoms with Crippen LogP contribution < -0.4 is 10.1 Å². The van der Waals surface area contributed by atoms with Gasteiger partial charge in [0, 0.05) is 12.8 Å². The van der Waals surface area contributed by atoms with E-state index in [0.717, 1.165) is 13.1 Å². The van der Waals surface area contributed by atoms with Crippen molar-refractivity contribution < 1.29 is 13.9 Å². The molecule has 17 heavy (non-hydrogen) atoms. The van der Waals surface area contributed by atoms with Crippen molar-refractivity contribution in [1.29, 1.82) is 0 Å². The van der Waals surface area contributed by atoms with Crippen LogP contribution in [0.25, 0.3) is 0 Å². The second kappa shape index (κ2) is 5.27.